The summed E-state index contributed by atoms with van der Waals surface area (Å²) in [5.41, 5.74) is 2.75. The van der Waals surface area contributed by atoms with E-state index in [1.807, 2.05) is 61.2 Å². The average molecular weight is 306 g/mol. The van der Waals surface area contributed by atoms with E-state index in [1.165, 1.54) is 0 Å². The Labute approximate surface area is 135 Å². The molecule has 23 heavy (non-hydrogen) atoms. The van der Waals surface area contributed by atoms with Gasteiger partial charge in [-0.1, -0.05) is 18.2 Å². The number of carbonyl (C=O) groups is 1. The lowest BCUT2D eigenvalue weighted by Gasteiger charge is -2.30. The third-order valence-electron chi connectivity index (χ3n) is 4.85. The van der Waals surface area contributed by atoms with E-state index >= 15 is 0 Å². The number of amidine groups is 1. The van der Waals surface area contributed by atoms with Gasteiger partial charge in [0, 0.05) is 24.2 Å². The van der Waals surface area contributed by atoms with Crippen LogP contribution in [0.1, 0.15) is 27.9 Å². The number of hydrogen-bond donors (Lipinski definition) is 1. The number of nitrogens with zero attached hydrogens (tertiary/aromatic N) is 2. The Morgan fingerprint density at radius 2 is 1.83 bits per heavy atom. The predicted molar refractivity (Wildman–Crippen MR) is 90.7 cm³/mol. The van der Waals surface area contributed by atoms with Gasteiger partial charge in [-0.05, 0) is 49.2 Å². The predicted octanol–water partition coefficient (Wildman–Crippen LogP) is 3.17. The van der Waals surface area contributed by atoms with Gasteiger partial charge in [0.05, 0.1) is 5.69 Å². The first-order valence-electron chi connectivity index (χ1n) is 7.81. The monoisotopic (exact) mass is 306 g/mol. The van der Waals surface area contributed by atoms with Gasteiger partial charge in [-0.15, -0.1) is 0 Å². The fourth-order valence-electron chi connectivity index (χ4n) is 3.35. The van der Waals surface area contributed by atoms with Gasteiger partial charge in [0.25, 0.3) is 0 Å². The van der Waals surface area contributed by atoms with Gasteiger partial charge in [-0.2, -0.15) is 0 Å². The summed E-state index contributed by atoms with van der Waals surface area (Å²) in [5, 5.41) is 11.0. The van der Waals surface area contributed by atoms with Crippen molar-refractivity contribution in [2.24, 2.45) is 4.99 Å². The molecule has 2 aromatic rings. The highest BCUT2D eigenvalue weighted by Crippen LogP contribution is 2.40. The van der Waals surface area contributed by atoms with Crippen LogP contribution in [-0.2, 0) is 0 Å². The molecule has 1 fully saturated rings. The molecule has 4 rings (SSSR count). The molecule has 2 aliphatic rings. The number of Topliss-reactive ketones (excluding diaryl/α,β-unsaturated/α-hetero) is 1. The minimum Gasteiger partial charge on any atom is -0.374 e. The maximum Gasteiger partial charge on any atom is 0.204 e. The summed E-state index contributed by atoms with van der Waals surface area (Å²) in [7, 11) is 0. The Morgan fingerprint density at radius 1 is 1.13 bits per heavy atom. The second kappa shape index (κ2) is 4.77. The summed E-state index contributed by atoms with van der Waals surface area (Å²) in [6.45, 7) is 4.55. The third-order valence-corrected chi connectivity index (χ3v) is 4.85. The van der Waals surface area contributed by atoms with Crippen LogP contribution in [0.5, 0.6) is 0 Å². The van der Waals surface area contributed by atoms with E-state index < -0.39 is 5.60 Å². The number of benzene rings is 2. The van der Waals surface area contributed by atoms with Crippen molar-refractivity contribution in [3.63, 3.8) is 0 Å². The minimum atomic E-state index is -1.51. The van der Waals surface area contributed by atoms with E-state index in [1.54, 1.807) is 0 Å². The molecule has 0 aliphatic carbocycles. The largest absolute Gasteiger partial charge is 0.374 e. The summed E-state index contributed by atoms with van der Waals surface area (Å²) >= 11 is 0. The Morgan fingerprint density at radius 3 is 2.57 bits per heavy atom. The van der Waals surface area contributed by atoms with Crippen molar-refractivity contribution in [2.45, 2.75) is 25.9 Å². The molecule has 0 bridgehead atoms. The molecule has 0 saturated carbocycles. The Bertz CT molecular complexity index is 842. The standard InChI is InChI=1S/C19H18N2O2/c1-12-10-15-16(11-13(12)2)20-18-19(23,17(15)22)8-9-21(18)14-6-4-3-5-7-14/h3-7,10-11,23H,8-9H2,1-2H3/t19-/m1/s1. The molecule has 2 aliphatic heterocycles. The molecule has 4 heteroatoms. The number of fused-ring (bicyclic) bond motifs is 2. The molecule has 0 aromatic heterocycles. The van der Waals surface area contributed by atoms with E-state index in [0.717, 1.165) is 16.8 Å². The molecule has 0 amide bonds. The number of ketones is 1. The lowest BCUT2D eigenvalue weighted by Crippen LogP contribution is -2.48. The summed E-state index contributed by atoms with van der Waals surface area (Å²) in [6.07, 6.45) is 0.367. The molecule has 116 valence electrons. The molecule has 2 heterocycles. The lowest BCUT2D eigenvalue weighted by atomic mass is 9.86. The van der Waals surface area contributed by atoms with Crippen molar-refractivity contribution < 1.29 is 9.90 Å². The third kappa shape index (κ3) is 1.95. The van der Waals surface area contributed by atoms with Gasteiger partial charge in [0.2, 0.25) is 5.78 Å². The number of anilines is 1. The van der Waals surface area contributed by atoms with E-state index in [0.29, 0.717) is 30.1 Å². The summed E-state index contributed by atoms with van der Waals surface area (Å²) in [4.78, 5) is 19.5. The van der Waals surface area contributed by atoms with Gasteiger partial charge in [0.1, 0.15) is 5.84 Å². The number of carbonyl (C=O) groups excluding carboxylic acids is 1. The fraction of sp³-hybridized carbons (Fsp3) is 0.263. The Hall–Kier alpha value is -2.46. The second-order valence-electron chi connectivity index (χ2n) is 6.32. The van der Waals surface area contributed by atoms with Crippen molar-refractivity contribution in [3.05, 3.63) is 59.2 Å². The number of hydrogen-bond acceptors (Lipinski definition) is 4. The summed E-state index contributed by atoms with van der Waals surface area (Å²) < 4.78 is 0. The van der Waals surface area contributed by atoms with Gasteiger partial charge in [-0.3, -0.25) is 4.79 Å². The number of aliphatic hydroxyl groups is 1. The maximum absolute atomic E-state index is 12.9. The number of para-hydroxylation sites is 1. The first-order valence-corrected chi connectivity index (χ1v) is 7.81. The van der Waals surface area contributed by atoms with E-state index in [2.05, 4.69) is 4.99 Å². The highest BCUT2D eigenvalue weighted by atomic mass is 16.3. The van der Waals surface area contributed by atoms with Crippen LogP contribution in [0.2, 0.25) is 0 Å². The van der Waals surface area contributed by atoms with E-state index in [4.69, 9.17) is 0 Å². The Balaban J connectivity index is 1.90. The zero-order valence-corrected chi connectivity index (χ0v) is 13.2. The zero-order chi connectivity index (χ0) is 16.2. The molecule has 1 saturated heterocycles. The average Bonchev–Trinajstić information content (AvgIpc) is 2.89. The van der Waals surface area contributed by atoms with Crippen molar-refractivity contribution in [1.29, 1.82) is 0 Å². The minimum absolute atomic E-state index is 0.237. The van der Waals surface area contributed by atoms with Crippen LogP contribution < -0.4 is 4.90 Å². The molecular weight excluding hydrogens is 288 g/mol. The van der Waals surface area contributed by atoms with Crippen LogP contribution in [0.4, 0.5) is 11.4 Å². The molecule has 1 atom stereocenters. The maximum atomic E-state index is 12.9. The molecule has 0 radical (unpaired) electrons. The molecule has 0 spiro atoms. The van der Waals surface area contributed by atoms with Crippen LogP contribution in [-0.4, -0.2) is 28.9 Å². The van der Waals surface area contributed by atoms with Crippen molar-refractivity contribution in [3.8, 4) is 0 Å². The molecule has 2 aromatic carbocycles. The summed E-state index contributed by atoms with van der Waals surface area (Å²) in [5.74, 6) is 0.212. The molecule has 1 N–H and O–H groups in total. The van der Waals surface area contributed by atoms with Gasteiger partial charge in [-0.25, -0.2) is 4.99 Å². The Kier molecular flexibility index (Phi) is 2.93. The number of aliphatic imine (C=N–C) groups is 1. The van der Waals surface area contributed by atoms with Crippen molar-refractivity contribution >= 4 is 23.0 Å². The second-order valence-corrected chi connectivity index (χ2v) is 6.32. The normalized spacial score (nSPS) is 22.7. The van der Waals surface area contributed by atoms with Gasteiger partial charge >= 0.3 is 0 Å². The van der Waals surface area contributed by atoms with E-state index in [-0.39, 0.29) is 5.78 Å². The highest BCUT2D eigenvalue weighted by Gasteiger charge is 2.52. The highest BCUT2D eigenvalue weighted by molar-refractivity contribution is 6.28. The SMILES string of the molecule is Cc1cc2c(cc1C)C(=O)[C@]1(O)CCN(c3ccccc3)C1=N2. The van der Waals surface area contributed by atoms with Crippen molar-refractivity contribution in [1.82, 2.24) is 0 Å². The van der Waals surface area contributed by atoms with Crippen LogP contribution in [0.3, 0.4) is 0 Å². The van der Waals surface area contributed by atoms with Gasteiger partial charge < -0.3 is 10.0 Å². The van der Waals surface area contributed by atoms with Crippen LogP contribution in [0.25, 0.3) is 0 Å². The van der Waals surface area contributed by atoms with Crippen molar-refractivity contribution in [2.75, 3.05) is 11.4 Å². The zero-order valence-electron chi connectivity index (χ0n) is 13.2. The first-order chi connectivity index (χ1) is 11.0. The number of aryl methyl sites for hydroxylation is 2. The molecule has 0 unspecified atom stereocenters. The topological polar surface area (TPSA) is 52.9 Å². The molecular formula is C19H18N2O2. The molecule has 4 nitrogen and oxygen atoms in total. The van der Waals surface area contributed by atoms with Crippen LogP contribution in [0, 0.1) is 13.8 Å². The quantitative estimate of drug-likeness (QED) is 0.880. The van der Waals surface area contributed by atoms with Crippen LogP contribution >= 0.6 is 0 Å². The van der Waals surface area contributed by atoms with Crippen LogP contribution in [0.15, 0.2) is 47.5 Å². The lowest BCUT2D eigenvalue weighted by molar-refractivity contribution is 0.0602. The fourth-order valence-corrected chi connectivity index (χ4v) is 3.35. The summed E-state index contributed by atoms with van der Waals surface area (Å²) in [6, 6.07) is 13.5. The number of rotatable bonds is 1. The smallest absolute Gasteiger partial charge is 0.204 e. The first kappa shape index (κ1) is 14.2. The van der Waals surface area contributed by atoms with E-state index in [9.17, 15) is 9.90 Å². The van der Waals surface area contributed by atoms with Gasteiger partial charge in [0.15, 0.2) is 5.60 Å².